The predicted molar refractivity (Wildman–Crippen MR) is 132 cm³/mol. The lowest BCUT2D eigenvalue weighted by molar-refractivity contribution is 0.154. The summed E-state index contributed by atoms with van der Waals surface area (Å²) in [6.45, 7) is 0.659. The number of aromatic nitrogens is 5. The molecule has 0 spiro atoms. The van der Waals surface area contributed by atoms with Gasteiger partial charge in [-0.05, 0) is 30.7 Å². The molecule has 0 radical (unpaired) electrons. The summed E-state index contributed by atoms with van der Waals surface area (Å²) in [5.74, 6) is 0. The number of amides is 1. The summed E-state index contributed by atoms with van der Waals surface area (Å²) in [4.78, 5) is 40.1. The number of imidazole rings is 1. The van der Waals surface area contributed by atoms with E-state index in [0.29, 0.717) is 35.0 Å². The molecule has 1 N–H and O–H groups in total. The molecule has 174 valence electrons. The molecule has 5 aromatic rings. The van der Waals surface area contributed by atoms with Gasteiger partial charge in [0.15, 0.2) is 0 Å². The Balaban J connectivity index is 1.48. The van der Waals surface area contributed by atoms with Crippen LogP contribution in [0.25, 0.3) is 44.6 Å². The predicted octanol–water partition coefficient (Wildman–Crippen LogP) is 3.94. The number of rotatable bonds is 3. The van der Waals surface area contributed by atoms with Gasteiger partial charge in [-0.25, -0.2) is 14.6 Å². The third-order valence-corrected chi connectivity index (χ3v) is 6.69. The third kappa shape index (κ3) is 3.43. The second-order valence-electron chi connectivity index (χ2n) is 8.74. The number of hydrogen-bond acceptors (Lipinski definition) is 5. The van der Waals surface area contributed by atoms with Crippen molar-refractivity contribution in [3.8, 4) is 22.5 Å². The molecule has 1 amide bonds. The van der Waals surface area contributed by atoms with Crippen LogP contribution < -0.4 is 5.69 Å². The van der Waals surface area contributed by atoms with Crippen LogP contribution >= 0.6 is 0 Å². The van der Waals surface area contributed by atoms with E-state index in [1.165, 1.54) is 4.90 Å². The van der Waals surface area contributed by atoms with Crippen molar-refractivity contribution in [2.24, 2.45) is 7.05 Å². The first-order valence-corrected chi connectivity index (χ1v) is 11.4. The molecule has 9 heteroatoms. The normalized spacial score (nSPS) is 15.8. The fraction of sp³-hybridized carbons (Fsp3) is 0.192. The number of aryl methyl sites for hydroxylation is 1. The molecule has 0 aliphatic carbocycles. The highest BCUT2D eigenvalue weighted by Crippen LogP contribution is 2.30. The minimum Gasteiger partial charge on any atom is -0.465 e. The van der Waals surface area contributed by atoms with Gasteiger partial charge in [0.25, 0.3) is 0 Å². The van der Waals surface area contributed by atoms with E-state index in [9.17, 15) is 14.7 Å². The number of benzene rings is 1. The van der Waals surface area contributed by atoms with Crippen LogP contribution in [0.5, 0.6) is 0 Å². The lowest BCUT2D eigenvalue weighted by Gasteiger charge is -2.14. The first kappa shape index (κ1) is 21.0. The maximum atomic E-state index is 13.2. The number of nitrogens with zero attached hydrogens (tertiary/aromatic N) is 6. The number of carbonyl (C=O) groups is 1. The van der Waals surface area contributed by atoms with Crippen LogP contribution in [0.15, 0.2) is 71.8 Å². The van der Waals surface area contributed by atoms with Crippen LogP contribution in [-0.2, 0) is 7.05 Å². The number of likely N-dealkylation sites (tertiary alicyclic amines) is 1. The zero-order valence-electron chi connectivity index (χ0n) is 19.0. The van der Waals surface area contributed by atoms with Crippen molar-refractivity contribution < 1.29 is 9.90 Å². The van der Waals surface area contributed by atoms with Gasteiger partial charge in [0.1, 0.15) is 5.52 Å². The summed E-state index contributed by atoms with van der Waals surface area (Å²) in [5.41, 5.74) is 5.91. The molecule has 1 atom stereocenters. The Morgan fingerprint density at radius 3 is 2.49 bits per heavy atom. The molecule has 6 rings (SSSR count). The minimum absolute atomic E-state index is 0.201. The van der Waals surface area contributed by atoms with E-state index in [-0.39, 0.29) is 18.3 Å². The van der Waals surface area contributed by atoms with Crippen LogP contribution in [0.1, 0.15) is 12.5 Å². The number of pyridine rings is 3. The first-order chi connectivity index (χ1) is 17.0. The van der Waals surface area contributed by atoms with Crippen molar-refractivity contribution in [1.82, 2.24) is 29.0 Å². The molecule has 1 fully saturated rings. The van der Waals surface area contributed by atoms with Gasteiger partial charge in [0.05, 0.1) is 40.2 Å². The van der Waals surface area contributed by atoms with Gasteiger partial charge in [0, 0.05) is 37.5 Å². The molecule has 35 heavy (non-hydrogen) atoms. The molecular formula is C26H22N6O3. The Morgan fingerprint density at radius 2 is 1.77 bits per heavy atom. The molecule has 5 heterocycles. The third-order valence-electron chi connectivity index (χ3n) is 6.69. The second-order valence-corrected chi connectivity index (χ2v) is 8.74. The summed E-state index contributed by atoms with van der Waals surface area (Å²) < 4.78 is 3.24. The maximum Gasteiger partial charge on any atom is 0.407 e. The highest BCUT2D eigenvalue weighted by molar-refractivity contribution is 6.00. The largest absolute Gasteiger partial charge is 0.465 e. The highest BCUT2D eigenvalue weighted by atomic mass is 16.4. The SMILES string of the molecule is Cn1c(=O)n([C@H]2CCN(C(=O)O)C2)c2c3nc(-c4ccc(-c5ccccc5)nc4)ccc3ncc21. The van der Waals surface area contributed by atoms with Gasteiger partial charge in [-0.15, -0.1) is 0 Å². The number of fused-ring (bicyclic) bond motifs is 3. The summed E-state index contributed by atoms with van der Waals surface area (Å²) in [7, 11) is 1.70. The lowest BCUT2D eigenvalue weighted by Crippen LogP contribution is -2.30. The van der Waals surface area contributed by atoms with Crippen molar-refractivity contribution >= 4 is 28.2 Å². The molecule has 4 aromatic heterocycles. The van der Waals surface area contributed by atoms with Crippen LogP contribution in [0.2, 0.25) is 0 Å². The van der Waals surface area contributed by atoms with Crippen LogP contribution in [0.4, 0.5) is 4.79 Å². The summed E-state index contributed by atoms with van der Waals surface area (Å²) in [6.07, 6.45) is 3.07. The molecule has 1 saturated heterocycles. The van der Waals surface area contributed by atoms with Gasteiger partial charge in [0.2, 0.25) is 0 Å². The molecular weight excluding hydrogens is 444 g/mol. The van der Waals surface area contributed by atoms with Crippen molar-refractivity contribution in [1.29, 1.82) is 0 Å². The van der Waals surface area contributed by atoms with E-state index in [0.717, 1.165) is 22.5 Å². The zero-order chi connectivity index (χ0) is 24.1. The monoisotopic (exact) mass is 466 g/mol. The topological polar surface area (TPSA) is 106 Å². The Morgan fingerprint density at radius 1 is 0.971 bits per heavy atom. The van der Waals surface area contributed by atoms with Crippen LogP contribution in [0.3, 0.4) is 0 Å². The zero-order valence-corrected chi connectivity index (χ0v) is 19.0. The minimum atomic E-state index is -0.973. The van der Waals surface area contributed by atoms with Gasteiger partial charge in [-0.1, -0.05) is 30.3 Å². The van der Waals surface area contributed by atoms with Gasteiger partial charge in [-0.2, -0.15) is 0 Å². The molecule has 1 aliphatic heterocycles. The molecule has 9 nitrogen and oxygen atoms in total. The summed E-state index contributed by atoms with van der Waals surface area (Å²) in [6, 6.07) is 17.4. The molecule has 0 unspecified atom stereocenters. The van der Waals surface area contributed by atoms with E-state index in [4.69, 9.17) is 4.98 Å². The van der Waals surface area contributed by atoms with Gasteiger partial charge in [-0.3, -0.25) is 19.1 Å². The fourth-order valence-electron chi connectivity index (χ4n) is 4.84. The summed E-state index contributed by atoms with van der Waals surface area (Å²) >= 11 is 0. The standard InChI is InChI=1S/C26H22N6O3/c1-30-22-14-28-21-10-9-20(17-7-8-19(27-13-17)16-5-3-2-4-6-16)29-23(21)24(22)32(25(30)33)18-11-12-31(15-18)26(34)35/h2-10,13-14,18H,11-12,15H2,1H3,(H,34,35)/t18-/m0/s1. The van der Waals surface area contributed by atoms with Crippen LogP contribution in [-0.4, -0.2) is 53.3 Å². The maximum absolute atomic E-state index is 13.2. The van der Waals surface area contributed by atoms with E-state index < -0.39 is 6.09 Å². The second kappa shape index (κ2) is 8.05. The van der Waals surface area contributed by atoms with Crippen LogP contribution in [0, 0.1) is 0 Å². The molecule has 1 aliphatic rings. The number of hydrogen-bond donors (Lipinski definition) is 1. The average molecular weight is 467 g/mol. The van der Waals surface area contributed by atoms with Crippen molar-refractivity contribution in [3.05, 3.63) is 77.5 Å². The summed E-state index contributed by atoms with van der Waals surface area (Å²) in [5, 5.41) is 9.40. The average Bonchev–Trinajstić information content (AvgIpc) is 3.48. The highest BCUT2D eigenvalue weighted by Gasteiger charge is 2.31. The Kier molecular flexibility index (Phi) is 4.84. The number of carboxylic acid groups (broad SMARTS) is 1. The van der Waals surface area contributed by atoms with E-state index >= 15 is 0 Å². The van der Waals surface area contributed by atoms with Crippen molar-refractivity contribution in [2.45, 2.75) is 12.5 Å². The smallest absolute Gasteiger partial charge is 0.407 e. The van der Waals surface area contributed by atoms with E-state index in [1.54, 1.807) is 28.6 Å². The first-order valence-electron chi connectivity index (χ1n) is 11.4. The Bertz CT molecular complexity index is 1640. The molecule has 0 saturated carbocycles. The van der Waals surface area contributed by atoms with Crippen molar-refractivity contribution in [2.75, 3.05) is 13.1 Å². The van der Waals surface area contributed by atoms with Gasteiger partial charge >= 0.3 is 11.8 Å². The Hall–Kier alpha value is -4.53. The quantitative estimate of drug-likeness (QED) is 0.432. The lowest BCUT2D eigenvalue weighted by atomic mass is 10.1. The van der Waals surface area contributed by atoms with E-state index in [1.807, 2.05) is 54.6 Å². The molecule has 0 bridgehead atoms. The van der Waals surface area contributed by atoms with Gasteiger partial charge < -0.3 is 10.0 Å². The van der Waals surface area contributed by atoms with Crippen molar-refractivity contribution in [3.63, 3.8) is 0 Å². The fourth-order valence-corrected chi connectivity index (χ4v) is 4.84. The van der Waals surface area contributed by atoms with E-state index in [2.05, 4.69) is 9.97 Å². The molecule has 1 aromatic carbocycles. The Labute approximate surface area is 199 Å².